The second kappa shape index (κ2) is 7.50. The van der Waals surface area contributed by atoms with Gasteiger partial charge in [-0.15, -0.1) is 0 Å². The van der Waals surface area contributed by atoms with Crippen molar-refractivity contribution in [3.05, 3.63) is 88.7 Å². The van der Waals surface area contributed by atoms with Crippen molar-refractivity contribution in [3.8, 4) is 11.1 Å². The van der Waals surface area contributed by atoms with E-state index in [9.17, 15) is 13.6 Å². The molecule has 0 fully saturated rings. The van der Waals surface area contributed by atoms with Crippen molar-refractivity contribution in [3.63, 3.8) is 0 Å². The van der Waals surface area contributed by atoms with Gasteiger partial charge in [0.05, 0.1) is 0 Å². The Bertz CT molecular complexity index is 1150. The Labute approximate surface area is 176 Å². The number of benzene rings is 2. The summed E-state index contributed by atoms with van der Waals surface area (Å²) in [6, 6.07) is 17.3. The van der Waals surface area contributed by atoms with Crippen LogP contribution in [0.25, 0.3) is 11.1 Å². The van der Waals surface area contributed by atoms with Gasteiger partial charge in [0.2, 0.25) is 0 Å². The molecular formula is C22H17ClF2N4O. The standard InChI is InChI=1S/C22H17ClF2N4O/c1-29-20(30)22(28-21(29)26,15-7-8-27-18(12-15)19(24)25)16-9-14(10-17(23)11-16)13-5-3-2-4-6-13/h2-12,19H,1H3,(H2,26,28). The summed E-state index contributed by atoms with van der Waals surface area (Å²) in [4.78, 5) is 22.7. The second-order valence-corrected chi connectivity index (χ2v) is 7.35. The van der Waals surface area contributed by atoms with Crippen LogP contribution in [-0.2, 0) is 10.3 Å². The monoisotopic (exact) mass is 426 g/mol. The lowest BCUT2D eigenvalue weighted by Gasteiger charge is -2.27. The fourth-order valence-electron chi connectivity index (χ4n) is 3.57. The lowest BCUT2D eigenvalue weighted by atomic mass is 9.81. The van der Waals surface area contributed by atoms with Crippen LogP contribution in [0, 0.1) is 0 Å². The second-order valence-electron chi connectivity index (χ2n) is 6.91. The number of pyridine rings is 1. The number of nitrogens with zero attached hydrogens (tertiary/aromatic N) is 3. The number of halogens is 3. The average molecular weight is 427 g/mol. The van der Waals surface area contributed by atoms with Crippen molar-refractivity contribution in [2.45, 2.75) is 12.0 Å². The molecule has 0 bridgehead atoms. The first kappa shape index (κ1) is 20.0. The maximum Gasteiger partial charge on any atom is 0.280 e. The van der Waals surface area contributed by atoms with E-state index < -0.39 is 23.6 Å². The third kappa shape index (κ3) is 3.21. The van der Waals surface area contributed by atoms with Crippen LogP contribution in [-0.4, -0.2) is 28.8 Å². The molecule has 5 nitrogen and oxygen atoms in total. The summed E-state index contributed by atoms with van der Waals surface area (Å²) in [5.41, 5.74) is 6.19. The molecule has 0 aliphatic carbocycles. The predicted octanol–water partition coefficient (Wildman–Crippen LogP) is 4.37. The fraction of sp³-hybridized carbons (Fsp3) is 0.136. The topological polar surface area (TPSA) is 71.6 Å². The maximum atomic E-state index is 13.4. The first-order valence-electron chi connectivity index (χ1n) is 9.07. The van der Waals surface area contributed by atoms with Crippen molar-refractivity contribution in [2.24, 2.45) is 10.7 Å². The first-order valence-corrected chi connectivity index (χ1v) is 9.45. The molecule has 1 aliphatic rings. The van der Waals surface area contributed by atoms with E-state index in [4.69, 9.17) is 17.3 Å². The lowest BCUT2D eigenvalue weighted by molar-refractivity contribution is -0.129. The summed E-state index contributed by atoms with van der Waals surface area (Å²) in [5, 5.41) is 0.380. The number of rotatable bonds is 4. The Morgan fingerprint density at radius 3 is 2.40 bits per heavy atom. The average Bonchev–Trinajstić information content (AvgIpc) is 2.99. The van der Waals surface area contributed by atoms with Crippen LogP contribution in [0.1, 0.15) is 23.2 Å². The van der Waals surface area contributed by atoms with Gasteiger partial charge in [0.1, 0.15) is 5.69 Å². The number of carbonyl (C=O) groups is 1. The Kier molecular flexibility index (Phi) is 4.99. The summed E-state index contributed by atoms with van der Waals surface area (Å²) < 4.78 is 26.6. The lowest BCUT2D eigenvalue weighted by Crippen LogP contribution is -2.41. The number of aliphatic imine (C=N–C) groups is 1. The molecule has 30 heavy (non-hydrogen) atoms. The van der Waals surface area contributed by atoms with E-state index in [1.54, 1.807) is 18.2 Å². The highest BCUT2D eigenvalue weighted by Crippen LogP contribution is 2.42. The summed E-state index contributed by atoms with van der Waals surface area (Å²) in [6.07, 6.45) is -1.56. The Morgan fingerprint density at radius 1 is 1.03 bits per heavy atom. The molecule has 1 aliphatic heterocycles. The van der Waals surface area contributed by atoms with Gasteiger partial charge in [-0.3, -0.25) is 14.7 Å². The van der Waals surface area contributed by atoms with Crippen LogP contribution in [0.3, 0.4) is 0 Å². The highest BCUT2D eigenvalue weighted by molar-refractivity contribution is 6.31. The molecule has 1 unspecified atom stereocenters. The van der Waals surface area contributed by atoms with Gasteiger partial charge in [0, 0.05) is 18.3 Å². The summed E-state index contributed by atoms with van der Waals surface area (Å²) in [6.45, 7) is 0. The Morgan fingerprint density at radius 2 is 1.77 bits per heavy atom. The van der Waals surface area contributed by atoms with Gasteiger partial charge >= 0.3 is 0 Å². The maximum absolute atomic E-state index is 13.4. The normalized spacial score (nSPS) is 18.8. The van der Waals surface area contributed by atoms with Crippen LogP contribution in [0.5, 0.6) is 0 Å². The molecule has 1 atom stereocenters. The SMILES string of the molecule is CN1C(=O)C(c2cc(Cl)cc(-c3ccccc3)c2)(c2ccnc(C(F)F)c2)N=C1N. The zero-order valence-electron chi connectivity index (χ0n) is 15.9. The number of likely N-dealkylation sites (N-methyl/N-ethyl adjacent to an activating group) is 1. The number of alkyl halides is 2. The Hall–Kier alpha value is -3.32. The van der Waals surface area contributed by atoms with Gasteiger partial charge in [-0.25, -0.2) is 13.8 Å². The minimum Gasteiger partial charge on any atom is -0.369 e. The molecule has 152 valence electrons. The fourth-order valence-corrected chi connectivity index (χ4v) is 3.81. The molecule has 0 radical (unpaired) electrons. The van der Waals surface area contributed by atoms with Crippen molar-refractivity contribution in [1.29, 1.82) is 0 Å². The largest absolute Gasteiger partial charge is 0.369 e. The molecule has 3 aromatic rings. The minimum atomic E-state index is -2.79. The number of nitrogens with two attached hydrogens (primary N) is 1. The molecular weight excluding hydrogens is 410 g/mol. The molecule has 1 aromatic heterocycles. The van der Waals surface area contributed by atoms with Gasteiger partial charge in [0.15, 0.2) is 11.5 Å². The van der Waals surface area contributed by atoms with Crippen LogP contribution in [0.4, 0.5) is 8.78 Å². The predicted molar refractivity (Wildman–Crippen MR) is 111 cm³/mol. The van der Waals surface area contributed by atoms with E-state index in [1.165, 1.54) is 30.3 Å². The highest BCUT2D eigenvalue weighted by Gasteiger charge is 2.50. The van der Waals surface area contributed by atoms with Crippen LogP contribution in [0.2, 0.25) is 5.02 Å². The van der Waals surface area contributed by atoms with Crippen molar-refractivity contribution in [1.82, 2.24) is 9.88 Å². The van der Waals surface area contributed by atoms with Gasteiger partial charge in [-0.1, -0.05) is 41.9 Å². The van der Waals surface area contributed by atoms with E-state index in [2.05, 4.69) is 9.98 Å². The molecule has 2 aromatic carbocycles. The molecule has 8 heteroatoms. The third-order valence-electron chi connectivity index (χ3n) is 5.09. The third-order valence-corrected chi connectivity index (χ3v) is 5.30. The van der Waals surface area contributed by atoms with Gasteiger partial charge < -0.3 is 5.73 Å². The molecule has 2 N–H and O–H groups in total. The van der Waals surface area contributed by atoms with Gasteiger partial charge in [0.25, 0.3) is 12.3 Å². The molecule has 0 saturated carbocycles. The van der Waals surface area contributed by atoms with Crippen molar-refractivity contribution in [2.75, 3.05) is 7.05 Å². The number of aromatic nitrogens is 1. The highest BCUT2D eigenvalue weighted by atomic mass is 35.5. The number of hydrogen-bond donors (Lipinski definition) is 1. The summed E-state index contributed by atoms with van der Waals surface area (Å²) in [5.74, 6) is -0.482. The van der Waals surface area contributed by atoms with E-state index in [0.717, 1.165) is 11.1 Å². The molecule has 0 spiro atoms. The van der Waals surface area contributed by atoms with E-state index in [0.29, 0.717) is 10.6 Å². The summed E-state index contributed by atoms with van der Waals surface area (Å²) in [7, 11) is 1.49. The van der Waals surface area contributed by atoms with E-state index >= 15 is 0 Å². The van der Waals surface area contributed by atoms with Crippen molar-refractivity contribution < 1.29 is 13.6 Å². The first-order chi connectivity index (χ1) is 14.3. The van der Waals surface area contributed by atoms with Crippen molar-refractivity contribution >= 4 is 23.5 Å². The number of amides is 1. The van der Waals surface area contributed by atoms with Gasteiger partial charge in [-0.2, -0.15) is 0 Å². The van der Waals surface area contributed by atoms with Gasteiger partial charge in [-0.05, 0) is 52.6 Å². The zero-order chi connectivity index (χ0) is 21.5. The number of hydrogen-bond acceptors (Lipinski definition) is 4. The van der Waals surface area contributed by atoms with E-state index in [1.807, 2.05) is 30.3 Å². The Balaban J connectivity index is 1.99. The van der Waals surface area contributed by atoms with Crippen LogP contribution in [0.15, 0.2) is 71.9 Å². The molecule has 4 rings (SSSR count). The van der Waals surface area contributed by atoms with E-state index in [-0.39, 0.29) is 11.5 Å². The number of carbonyl (C=O) groups excluding carboxylic acids is 1. The zero-order valence-corrected chi connectivity index (χ0v) is 16.6. The number of guanidine groups is 1. The molecule has 2 heterocycles. The molecule has 1 amide bonds. The van der Waals surface area contributed by atoms with Crippen LogP contribution < -0.4 is 5.73 Å². The quantitative estimate of drug-likeness (QED) is 0.673. The van der Waals surface area contributed by atoms with Crippen LogP contribution >= 0.6 is 11.6 Å². The smallest absolute Gasteiger partial charge is 0.280 e. The minimum absolute atomic E-state index is 0.0170. The summed E-state index contributed by atoms with van der Waals surface area (Å²) >= 11 is 6.39. The molecule has 0 saturated heterocycles.